The number of halogens is 1. The molecule has 0 radical (unpaired) electrons. The van der Waals surface area contributed by atoms with Crippen molar-refractivity contribution in [2.45, 2.75) is 114 Å². The van der Waals surface area contributed by atoms with Crippen LogP contribution in [0.25, 0.3) is 11.0 Å². The highest BCUT2D eigenvalue weighted by Crippen LogP contribution is 2.54. The number of fused-ring (bicyclic) bond motifs is 1. The second-order valence-electron chi connectivity index (χ2n) is 19.0. The number of rotatable bonds is 11. The number of hydrogen-bond donors (Lipinski definition) is 4. The summed E-state index contributed by atoms with van der Waals surface area (Å²) < 4.78 is 51.8. The second kappa shape index (κ2) is 15.9. The van der Waals surface area contributed by atoms with Gasteiger partial charge in [0.05, 0.1) is 32.9 Å². The number of likely N-dealkylation sites (tertiary alicyclic amines) is 1. The molecule has 1 amide bonds. The SMILES string of the molecule is CC1(O)CCC(CNc2ccc(S(=O)(=O)NC(=O)c3cc(F)c(N4CCC5(CC4)CC(N4CCCC4C(C)(C)C)C5)cc3Oc3cnc4[nH]ccc4c3)cc2[N+](=O)[O-])CC1. The predicted molar refractivity (Wildman–Crippen MR) is 227 cm³/mol. The first kappa shape index (κ1) is 41.9. The molecule has 4 aliphatic rings. The first-order valence-corrected chi connectivity index (χ1v) is 22.6. The Morgan fingerprint density at radius 3 is 2.50 bits per heavy atom. The Labute approximate surface area is 350 Å². The number of aromatic nitrogens is 2. The Morgan fingerprint density at radius 2 is 1.80 bits per heavy atom. The molecule has 2 saturated heterocycles. The topological polar surface area (TPSA) is 183 Å². The summed E-state index contributed by atoms with van der Waals surface area (Å²) in [6.07, 6.45) is 12.5. The van der Waals surface area contributed by atoms with Crippen LogP contribution in [0, 0.1) is 32.7 Å². The molecule has 2 aliphatic carbocycles. The lowest BCUT2D eigenvalue weighted by Gasteiger charge is -2.57. The maximum atomic E-state index is 16.2. The lowest BCUT2D eigenvalue weighted by Crippen LogP contribution is -2.57. The molecule has 14 nitrogen and oxygen atoms in total. The van der Waals surface area contributed by atoms with Crippen LogP contribution < -0.4 is 19.7 Å². The van der Waals surface area contributed by atoms with Gasteiger partial charge in [0.2, 0.25) is 0 Å². The second-order valence-corrected chi connectivity index (χ2v) is 20.7. The Kier molecular flexibility index (Phi) is 11.1. The molecule has 2 aliphatic heterocycles. The zero-order chi connectivity index (χ0) is 42.6. The zero-order valence-corrected chi connectivity index (χ0v) is 35.6. The number of carbonyl (C=O) groups excluding carboxylic acids is 1. The lowest BCUT2D eigenvalue weighted by molar-refractivity contribution is -0.384. The van der Waals surface area contributed by atoms with E-state index in [1.54, 1.807) is 25.3 Å². The predicted octanol–water partition coefficient (Wildman–Crippen LogP) is 8.13. The number of carbonyl (C=O) groups is 1. The van der Waals surface area contributed by atoms with Crippen LogP contribution >= 0.6 is 0 Å². The minimum Gasteiger partial charge on any atom is -0.455 e. The fourth-order valence-corrected chi connectivity index (χ4v) is 11.1. The van der Waals surface area contributed by atoms with Crippen molar-refractivity contribution >= 4 is 44.0 Å². The number of nitro groups is 1. The first-order chi connectivity index (χ1) is 28.4. The smallest absolute Gasteiger partial charge is 0.293 e. The summed E-state index contributed by atoms with van der Waals surface area (Å²) >= 11 is 0. The van der Waals surface area contributed by atoms with Gasteiger partial charge in [0.25, 0.3) is 21.6 Å². The normalized spacial score (nSPS) is 23.7. The number of aliphatic hydroxyl groups is 1. The van der Waals surface area contributed by atoms with Crippen LogP contribution in [0.2, 0.25) is 0 Å². The molecule has 8 rings (SSSR count). The molecular formula is C44H56FN7O7S. The van der Waals surface area contributed by atoms with Crippen LogP contribution in [0.5, 0.6) is 11.5 Å². The van der Waals surface area contributed by atoms with Crippen LogP contribution in [0.4, 0.5) is 21.5 Å². The molecule has 1 atom stereocenters. The van der Waals surface area contributed by atoms with Crippen LogP contribution in [-0.2, 0) is 10.0 Å². The number of ether oxygens (including phenoxy) is 1. The van der Waals surface area contributed by atoms with Crippen molar-refractivity contribution in [2.24, 2.45) is 16.7 Å². The minimum atomic E-state index is -4.68. The van der Waals surface area contributed by atoms with Gasteiger partial charge in [-0.05, 0) is 125 Å². The standard InChI is InChI=1S/C44H56FN7O7S/c1-42(2,3)39-6-5-17-51(39)30-24-44(25-30)14-18-50(19-15-44)36-23-38(59-31-20-29-11-16-46-40(29)48-27-31)33(22-34(36)45)41(53)49-60(57,58)32-7-8-35(37(21-32)52(55)56)47-26-28-9-12-43(4,54)13-10-28/h7-8,11,16,20-23,27-28,30,39,47,54H,5-6,9-10,12-15,17-19,24-26H2,1-4H3,(H,46,48)(H,49,53). The molecule has 4 N–H and O–H groups in total. The van der Waals surface area contributed by atoms with Crippen molar-refractivity contribution < 1.29 is 32.4 Å². The first-order valence-electron chi connectivity index (χ1n) is 21.2. The number of nitro benzene ring substituents is 1. The summed E-state index contributed by atoms with van der Waals surface area (Å²) in [4.78, 5) is 36.9. The Hall–Kier alpha value is -4.80. The average molecular weight is 846 g/mol. The fraction of sp³-hybridized carbons (Fsp3) is 0.545. The van der Waals surface area contributed by atoms with Crippen LogP contribution in [0.3, 0.4) is 0 Å². The summed E-state index contributed by atoms with van der Waals surface area (Å²) in [6.45, 7) is 11.6. The van der Waals surface area contributed by atoms with E-state index in [1.165, 1.54) is 37.2 Å². The molecule has 1 spiro atoms. The molecule has 4 fully saturated rings. The number of amides is 1. The monoisotopic (exact) mass is 845 g/mol. The van der Waals surface area contributed by atoms with Crippen LogP contribution in [-0.4, -0.2) is 83.1 Å². The number of sulfonamides is 1. The van der Waals surface area contributed by atoms with Gasteiger partial charge in [0, 0.05) is 55.4 Å². The van der Waals surface area contributed by atoms with Crippen molar-refractivity contribution in [3.8, 4) is 11.5 Å². The summed E-state index contributed by atoms with van der Waals surface area (Å²) in [7, 11) is -4.68. The summed E-state index contributed by atoms with van der Waals surface area (Å²) in [5.41, 5.74) is -0.131. The van der Waals surface area contributed by atoms with Gasteiger partial charge in [-0.1, -0.05) is 20.8 Å². The summed E-state index contributed by atoms with van der Waals surface area (Å²) in [6, 6.07) is 10.5. The molecule has 0 bridgehead atoms. The number of benzene rings is 2. The zero-order valence-electron chi connectivity index (χ0n) is 34.8. The van der Waals surface area contributed by atoms with Crippen LogP contribution in [0.15, 0.2) is 59.8 Å². The van der Waals surface area contributed by atoms with E-state index in [0.717, 1.165) is 62.6 Å². The maximum Gasteiger partial charge on any atom is 0.293 e. The Bertz CT molecular complexity index is 2370. The number of pyridine rings is 1. The van der Waals surface area contributed by atoms with Gasteiger partial charge in [-0.2, -0.15) is 0 Å². The average Bonchev–Trinajstić information content (AvgIpc) is 3.87. The van der Waals surface area contributed by atoms with Crippen molar-refractivity contribution in [2.75, 3.05) is 36.4 Å². The molecule has 1 unspecified atom stereocenters. The van der Waals surface area contributed by atoms with Crippen molar-refractivity contribution in [1.82, 2.24) is 19.6 Å². The Morgan fingerprint density at radius 1 is 1.07 bits per heavy atom. The third kappa shape index (κ3) is 8.68. The van der Waals surface area contributed by atoms with E-state index in [2.05, 4.69) is 41.0 Å². The largest absolute Gasteiger partial charge is 0.455 e. The minimum absolute atomic E-state index is 0.0724. The van der Waals surface area contributed by atoms with E-state index >= 15 is 4.39 Å². The van der Waals surface area contributed by atoms with Gasteiger partial charge in [0.15, 0.2) is 0 Å². The highest BCUT2D eigenvalue weighted by Gasteiger charge is 2.51. The van der Waals surface area contributed by atoms with E-state index in [-0.39, 0.29) is 45.2 Å². The van der Waals surface area contributed by atoms with E-state index in [9.17, 15) is 28.4 Å². The van der Waals surface area contributed by atoms with E-state index in [4.69, 9.17) is 4.74 Å². The third-order valence-electron chi connectivity index (χ3n) is 13.6. The Balaban J connectivity index is 0.999. The van der Waals surface area contributed by atoms with Crippen molar-refractivity contribution in [3.63, 3.8) is 0 Å². The number of H-pyrrole nitrogens is 1. The van der Waals surface area contributed by atoms with Gasteiger partial charge in [-0.25, -0.2) is 22.5 Å². The number of hydrogen-bond acceptors (Lipinski definition) is 11. The molecule has 60 heavy (non-hydrogen) atoms. The van der Waals surface area contributed by atoms with Gasteiger partial charge in [-0.15, -0.1) is 0 Å². The molecule has 2 aromatic heterocycles. The molecule has 322 valence electrons. The van der Waals surface area contributed by atoms with Crippen molar-refractivity contribution in [3.05, 3.63) is 76.4 Å². The molecule has 2 aromatic carbocycles. The van der Waals surface area contributed by atoms with E-state index in [0.29, 0.717) is 50.2 Å². The third-order valence-corrected chi connectivity index (χ3v) is 15.0. The van der Waals surface area contributed by atoms with E-state index < -0.39 is 42.9 Å². The molecule has 16 heteroatoms. The summed E-state index contributed by atoms with van der Waals surface area (Å²) in [5, 5.41) is 26.2. The van der Waals surface area contributed by atoms with Gasteiger partial charge in [0.1, 0.15) is 28.7 Å². The van der Waals surface area contributed by atoms with Gasteiger partial charge in [-0.3, -0.25) is 19.8 Å². The van der Waals surface area contributed by atoms with Crippen molar-refractivity contribution in [1.29, 1.82) is 0 Å². The fourth-order valence-electron chi connectivity index (χ4n) is 10.1. The van der Waals surface area contributed by atoms with Gasteiger partial charge < -0.3 is 25.0 Å². The highest BCUT2D eigenvalue weighted by molar-refractivity contribution is 7.90. The van der Waals surface area contributed by atoms with E-state index in [1.807, 2.05) is 9.62 Å². The van der Waals surface area contributed by atoms with Gasteiger partial charge >= 0.3 is 0 Å². The van der Waals surface area contributed by atoms with Crippen LogP contribution in [0.1, 0.15) is 102 Å². The number of piperidine rings is 1. The lowest BCUT2D eigenvalue weighted by atomic mass is 9.59. The summed E-state index contributed by atoms with van der Waals surface area (Å²) in [5.74, 6) is -1.51. The molecule has 4 heterocycles. The highest BCUT2D eigenvalue weighted by atomic mass is 32.2. The quantitative estimate of drug-likeness (QED) is 0.0845. The maximum absolute atomic E-state index is 16.2. The molecule has 2 saturated carbocycles. The number of aromatic amines is 1. The molecular weight excluding hydrogens is 790 g/mol. The molecule has 4 aromatic rings. The number of anilines is 2. The number of nitrogens with zero attached hydrogens (tertiary/aromatic N) is 4. The number of nitrogens with one attached hydrogen (secondary N) is 3.